The van der Waals surface area contributed by atoms with Gasteiger partial charge in [0.1, 0.15) is 6.73 Å². The van der Waals surface area contributed by atoms with Crippen LogP contribution in [0.15, 0.2) is 0 Å². The molecule has 0 atom stereocenters. The second-order valence-electron chi connectivity index (χ2n) is 6.12. The number of fused-ring (bicyclic) bond motifs is 12. The largest absolute Gasteiger partial charge is 0.452 e. The van der Waals surface area contributed by atoms with E-state index in [4.69, 9.17) is 14.2 Å². The van der Waals surface area contributed by atoms with Crippen molar-refractivity contribution in [3.63, 3.8) is 0 Å². The Hall–Kier alpha value is -2.07. The number of nitrogens with zero attached hydrogens (tertiary/aromatic N) is 4. The van der Waals surface area contributed by atoms with Gasteiger partial charge in [0.15, 0.2) is 0 Å². The van der Waals surface area contributed by atoms with Crippen molar-refractivity contribution in [2.45, 2.75) is 13.2 Å². The highest BCUT2D eigenvalue weighted by Gasteiger charge is 2.26. The zero-order chi connectivity index (χ0) is 18.2. The molecule has 10 heteroatoms. The molecule has 2 amide bonds. The second kappa shape index (κ2) is 9.42. The quantitative estimate of drug-likeness (QED) is 0.630. The zero-order valence-electron chi connectivity index (χ0n) is 14.8. The van der Waals surface area contributed by atoms with Gasteiger partial charge in [0.2, 0.25) is 6.29 Å². The van der Waals surface area contributed by atoms with Crippen molar-refractivity contribution < 1.29 is 28.6 Å². The van der Waals surface area contributed by atoms with Crippen LogP contribution in [0, 0.1) is 0 Å². The summed E-state index contributed by atoms with van der Waals surface area (Å²) in [5, 5.41) is 0. The molecule has 0 radical (unpaired) electrons. The van der Waals surface area contributed by atoms with Crippen molar-refractivity contribution >= 4 is 18.7 Å². The fourth-order valence-corrected chi connectivity index (χ4v) is 2.64. The van der Waals surface area contributed by atoms with E-state index < -0.39 is 18.5 Å². The molecule has 3 aliphatic rings. The topological polar surface area (TPSA) is 91.9 Å². The van der Waals surface area contributed by atoms with Crippen LogP contribution in [0.3, 0.4) is 0 Å². The smallest absolute Gasteiger partial charge is 0.412 e. The van der Waals surface area contributed by atoms with Crippen molar-refractivity contribution in [2.24, 2.45) is 0 Å². The van der Waals surface area contributed by atoms with E-state index in [1.807, 2.05) is 11.9 Å². The summed E-state index contributed by atoms with van der Waals surface area (Å²) in [7, 11) is 1.94. The first-order valence-electron chi connectivity index (χ1n) is 8.37. The summed E-state index contributed by atoms with van der Waals surface area (Å²) in [6, 6.07) is 0. The lowest BCUT2D eigenvalue weighted by molar-refractivity contribution is -0.133. The molecule has 142 valence electrons. The Morgan fingerprint density at radius 3 is 1.92 bits per heavy atom. The Morgan fingerprint density at radius 1 is 0.960 bits per heavy atom. The van der Waals surface area contributed by atoms with Crippen molar-refractivity contribution in [3.05, 3.63) is 0 Å². The molecule has 3 rings (SSSR count). The van der Waals surface area contributed by atoms with Gasteiger partial charge in [-0.25, -0.2) is 9.59 Å². The predicted molar refractivity (Wildman–Crippen MR) is 86.7 cm³/mol. The Kier molecular flexibility index (Phi) is 7.26. The molecule has 3 fully saturated rings. The van der Waals surface area contributed by atoms with Crippen molar-refractivity contribution in [1.29, 1.82) is 0 Å². The molecule has 0 aromatic carbocycles. The molecule has 0 spiro atoms. The Labute approximate surface area is 147 Å². The van der Waals surface area contributed by atoms with Crippen LogP contribution in [-0.2, 0) is 19.0 Å². The molecule has 3 aliphatic heterocycles. The highest BCUT2D eigenvalue weighted by molar-refractivity contribution is 5.69. The minimum absolute atomic E-state index is 0.103. The average Bonchev–Trinajstić information content (AvgIpc) is 2.55. The maximum atomic E-state index is 12.4. The lowest BCUT2D eigenvalue weighted by Gasteiger charge is -2.34. The highest BCUT2D eigenvalue weighted by Crippen LogP contribution is 2.08. The summed E-state index contributed by atoms with van der Waals surface area (Å²) >= 11 is 0. The van der Waals surface area contributed by atoms with Gasteiger partial charge in [0.25, 0.3) is 6.47 Å². The maximum Gasteiger partial charge on any atom is 0.412 e. The third kappa shape index (κ3) is 6.05. The van der Waals surface area contributed by atoms with E-state index in [2.05, 4.69) is 4.90 Å². The zero-order valence-corrected chi connectivity index (χ0v) is 14.8. The van der Waals surface area contributed by atoms with Gasteiger partial charge >= 0.3 is 12.2 Å². The summed E-state index contributed by atoms with van der Waals surface area (Å²) in [4.78, 5) is 42.3. The lowest BCUT2D eigenvalue weighted by atomic mass is 10.3. The van der Waals surface area contributed by atoms with Crippen molar-refractivity contribution in [1.82, 2.24) is 19.6 Å². The second-order valence-corrected chi connectivity index (χ2v) is 6.12. The summed E-state index contributed by atoms with van der Waals surface area (Å²) in [6.07, 6.45) is -2.01. The summed E-state index contributed by atoms with van der Waals surface area (Å²) in [5.74, 6) is 0. The molecule has 2 bridgehead atoms. The number of ether oxygens (including phenoxy) is 3. The summed E-state index contributed by atoms with van der Waals surface area (Å²) in [6.45, 7) is 6.20. The number of hydrogen-bond acceptors (Lipinski definition) is 8. The standard InChI is InChI=1S/C15H26N4O6/c1-13-24-14(21)18-7-3-16(2)4-8-19(15(22)25-13)10-6-17(5-9-18)11-23-12-20/h12-13H,3-11H2,1-2H3. The van der Waals surface area contributed by atoms with Crippen LogP contribution in [0.25, 0.3) is 0 Å². The molecule has 0 unspecified atom stereocenters. The number of amides is 2. The van der Waals surface area contributed by atoms with Gasteiger partial charge in [-0.2, -0.15) is 0 Å². The van der Waals surface area contributed by atoms with Crippen molar-refractivity contribution in [3.8, 4) is 0 Å². The van der Waals surface area contributed by atoms with Crippen LogP contribution in [0.1, 0.15) is 6.92 Å². The van der Waals surface area contributed by atoms with Crippen LogP contribution in [0.5, 0.6) is 0 Å². The molecular formula is C15H26N4O6. The Balaban J connectivity index is 2.21. The average molecular weight is 358 g/mol. The molecule has 0 aromatic rings. The van der Waals surface area contributed by atoms with Crippen LogP contribution in [0.4, 0.5) is 9.59 Å². The maximum absolute atomic E-state index is 12.4. The molecule has 0 aromatic heterocycles. The first-order valence-corrected chi connectivity index (χ1v) is 8.37. The Morgan fingerprint density at radius 2 is 1.44 bits per heavy atom. The van der Waals surface area contributed by atoms with Crippen LogP contribution in [-0.4, -0.2) is 111 Å². The number of carbonyl (C=O) groups excluding carboxylic acids is 3. The molecule has 0 saturated carbocycles. The van der Waals surface area contributed by atoms with Gasteiger partial charge < -0.3 is 28.9 Å². The predicted octanol–water partition coefficient (Wildman–Crippen LogP) is -0.399. The third-order valence-corrected chi connectivity index (χ3v) is 4.25. The van der Waals surface area contributed by atoms with Gasteiger partial charge in [0, 0.05) is 59.3 Å². The van der Waals surface area contributed by atoms with Crippen LogP contribution < -0.4 is 0 Å². The Bertz CT molecular complexity index is 443. The minimum Gasteiger partial charge on any atom is -0.452 e. The molecule has 0 aliphatic carbocycles. The van der Waals surface area contributed by atoms with E-state index in [1.54, 1.807) is 9.80 Å². The van der Waals surface area contributed by atoms with Gasteiger partial charge in [-0.05, 0) is 7.05 Å². The van der Waals surface area contributed by atoms with Crippen molar-refractivity contribution in [2.75, 3.05) is 66.1 Å². The van der Waals surface area contributed by atoms with E-state index in [9.17, 15) is 14.4 Å². The first-order chi connectivity index (χ1) is 12.0. The number of carbonyl (C=O) groups is 3. The highest BCUT2D eigenvalue weighted by atomic mass is 16.7. The lowest BCUT2D eigenvalue weighted by Crippen LogP contribution is -2.50. The number of hydrogen-bond donors (Lipinski definition) is 0. The minimum atomic E-state index is -0.948. The van der Waals surface area contributed by atoms with E-state index in [1.165, 1.54) is 6.92 Å². The number of likely N-dealkylation sites (N-methyl/N-ethyl adjacent to an activating group) is 1. The molecular weight excluding hydrogens is 332 g/mol. The third-order valence-electron chi connectivity index (χ3n) is 4.25. The molecule has 0 N–H and O–H groups in total. The summed E-state index contributed by atoms with van der Waals surface area (Å²) < 4.78 is 15.3. The molecule has 3 heterocycles. The van der Waals surface area contributed by atoms with Crippen LogP contribution in [0.2, 0.25) is 0 Å². The van der Waals surface area contributed by atoms with E-state index in [-0.39, 0.29) is 6.73 Å². The van der Waals surface area contributed by atoms with Gasteiger partial charge in [-0.1, -0.05) is 0 Å². The fourth-order valence-electron chi connectivity index (χ4n) is 2.64. The van der Waals surface area contributed by atoms with Gasteiger partial charge in [0.05, 0.1) is 0 Å². The van der Waals surface area contributed by atoms with Gasteiger partial charge in [-0.15, -0.1) is 0 Å². The molecule has 25 heavy (non-hydrogen) atoms. The van der Waals surface area contributed by atoms with E-state index in [0.717, 1.165) is 0 Å². The van der Waals surface area contributed by atoms with Gasteiger partial charge in [-0.3, -0.25) is 9.69 Å². The normalized spacial score (nSPS) is 22.8. The first kappa shape index (κ1) is 19.3. The van der Waals surface area contributed by atoms with E-state index >= 15 is 0 Å². The molecule has 10 nitrogen and oxygen atoms in total. The van der Waals surface area contributed by atoms with Crippen LogP contribution >= 0.6 is 0 Å². The number of rotatable bonds is 3. The summed E-state index contributed by atoms with van der Waals surface area (Å²) in [5.41, 5.74) is 0. The SMILES string of the molecule is CC1OC(=O)N2CCN(C)CCN(CCN(COC=O)CC2)C(=O)O1. The monoisotopic (exact) mass is 358 g/mol. The fraction of sp³-hybridized carbons (Fsp3) is 0.800. The van der Waals surface area contributed by atoms with E-state index in [0.29, 0.717) is 58.8 Å². The molecule has 3 saturated heterocycles.